The Morgan fingerprint density at radius 1 is 1.33 bits per heavy atom. The highest BCUT2D eigenvalue weighted by atomic mass is 16.5. The van der Waals surface area contributed by atoms with E-state index in [2.05, 4.69) is 39.4 Å². The molecule has 1 aliphatic heterocycles. The van der Waals surface area contributed by atoms with Gasteiger partial charge < -0.3 is 9.64 Å². The molecule has 3 rings (SSSR count). The first kappa shape index (κ1) is 19.4. The minimum absolute atomic E-state index is 0.0152. The molecule has 2 aromatic heterocycles. The van der Waals surface area contributed by atoms with Gasteiger partial charge in [-0.1, -0.05) is 0 Å². The van der Waals surface area contributed by atoms with E-state index in [0.717, 1.165) is 18.7 Å². The quantitative estimate of drug-likeness (QED) is 0.675. The molecule has 0 unspecified atom stereocenters. The monoisotopic (exact) mass is 376 g/mol. The maximum Gasteiger partial charge on any atom is 0.244 e. The number of aromatic nitrogens is 6. The number of rotatable bonds is 7. The van der Waals surface area contributed by atoms with Gasteiger partial charge in [0.2, 0.25) is 5.91 Å². The minimum atomic E-state index is -0.0152. The number of hydrogen-bond acceptors (Lipinski definition) is 7. The number of aryl methyl sites for hydroxylation is 1. The molecular formula is C17H28N8O2. The Morgan fingerprint density at radius 2 is 2.07 bits per heavy atom. The summed E-state index contributed by atoms with van der Waals surface area (Å²) in [5.74, 6) is 0.681. The zero-order valence-corrected chi connectivity index (χ0v) is 16.4. The van der Waals surface area contributed by atoms with E-state index in [0.29, 0.717) is 25.5 Å². The summed E-state index contributed by atoms with van der Waals surface area (Å²) in [7, 11) is 1.86. The summed E-state index contributed by atoms with van der Waals surface area (Å²) in [6, 6.07) is 0. The third-order valence-electron chi connectivity index (χ3n) is 4.62. The molecular weight excluding hydrogens is 348 g/mol. The van der Waals surface area contributed by atoms with Crippen molar-refractivity contribution in [1.82, 2.24) is 39.8 Å². The first-order chi connectivity index (χ1) is 12.9. The largest absolute Gasteiger partial charge is 0.373 e. The van der Waals surface area contributed by atoms with Crippen LogP contribution in [0.1, 0.15) is 32.2 Å². The molecule has 148 valence electrons. The number of carbonyl (C=O) groups is 1. The molecule has 0 aliphatic carbocycles. The fourth-order valence-electron chi connectivity index (χ4n) is 3.45. The Labute approximate surface area is 159 Å². The number of tetrazole rings is 1. The summed E-state index contributed by atoms with van der Waals surface area (Å²) < 4.78 is 9.10. The van der Waals surface area contributed by atoms with Gasteiger partial charge in [-0.2, -0.15) is 5.10 Å². The molecule has 0 bridgehead atoms. The van der Waals surface area contributed by atoms with Crippen molar-refractivity contribution in [2.75, 3.05) is 19.6 Å². The Hall–Kier alpha value is -2.33. The van der Waals surface area contributed by atoms with Gasteiger partial charge >= 0.3 is 0 Å². The highest BCUT2D eigenvalue weighted by molar-refractivity contribution is 5.75. The number of likely N-dealkylation sites (N-methyl/N-ethyl adjacent to an activating group) is 1. The SMILES string of the molecule is CCN(Cc1cnn(C)c1)C(=O)Cn1nnnc1CN1C[C@@H](C)O[C@@H](C)C1. The van der Waals surface area contributed by atoms with Crippen LogP contribution in [-0.4, -0.2) is 77.5 Å². The molecule has 0 N–H and O–H groups in total. The Bertz CT molecular complexity index is 748. The van der Waals surface area contributed by atoms with Crippen LogP contribution < -0.4 is 0 Å². The van der Waals surface area contributed by atoms with Crippen molar-refractivity contribution in [3.63, 3.8) is 0 Å². The first-order valence-corrected chi connectivity index (χ1v) is 9.32. The number of carbonyl (C=O) groups excluding carboxylic acids is 1. The third-order valence-corrected chi connectivity index (χ3v) is 4.62. The Balaban J connectivity index is 1.61. The van der Waals surface area contributed by atoms with Crippen molar-refractivity contribution >= 4 is 5.91 Å². The molecule has 2 aromatic rings. The minimum Gasteiger partial charge on any atom is -0.373 e. The summed E-state index contributed by atoms with van der Waals surface area (Å²) in [4.78, 5) is 16.8. The van der Waals surface area contributed by atoms with Gasteiger partial charge in [-0.25, -0.2) is 4.68 Å². The highest BCUT2D eigenvalue weighted by Crippen LogP contribution is 2.13. The summed E-state index contributed by atoms with van der Waals surface area (Å²) in [5, 5.41) is 16.1. The number of amides is 1. The van der Waals surface area contributed by atoms with Crippen LogP contribution in [-0.2, 0) is 36.2 Å². The molecule has 0 saturated carbocycles. The van der Waals surface area contributed by atoms with E-state index < -0.39 is 0 Å². The topological polar surface area (TPSA) is 94.2 Å². The van der Waals surface area contributed by atoms with Gasteiger partial charge in [0.15, 0.2) is 5.82 Å². The van der Waals surface area contributed by atoms with Crippen LogP contribution in [0.5, 0.6) is 0 Å². The van der Waals surface area contributed by atoms with Gasteiger partial charge in [-0.05, 0) is 31.2 Å². The third kappa shape index (κ3) is 5.10. The van der Waals surface area contributed by atoms with E-state index in [-0.39, 0.29) is 24.7 Å². The fraction of sp³-hybridized carbons (Fsp3) is 0.706. The van der Waals surface area contributed by atoms with Crippen molar-refractivity contribution in [1.29, 1.82) is 0 Å². The van der Waals surface area contributed by atoms with E-state index in [9.17, 15) is 4.79 Å². The molecule has 10 nitrogen and oxygen atoms in total. The Morgan fingerprint density at radius 3 is 2.70 bits per heavy atom. The molecule has 27 heavy (non-hydrogen) atoms. The summed E-state index contributed by atoms with van der Waals surface area (Å²) in [6.07, 6.45) is 4.04. The van der Waals surface area contributed by atoms with Crippen molar-refractivity contribution in [2.24, 2.45) is 7.05 Å². The Kier molecular flexibility index (Phi) is 6.17. The van der Waals surface area contributed by atoms with Crippen LogP contribution in [0.15, 0.2) is 12.4 Å². The van der Waals surface area contributed by atoms with E-state index >= 15 is 0 Å². The van der Waals surface area contributed by atoms with Crippen LogP contribution in [0.2, 0.25) is 0 Å². The predicted octanol–water partition coefficient (Wildman–Crippen LogP) is 0.0645. The second-order valence-electron chi connectivity index (χ2n) is 7.13. The second-order valence-corrected chi connectivity index (χ2v) is 7.13. The lowest BCUT2D eigenvalue weighted by molar-refractivity contribution is -0.132. The predicted molar refractivity (Wildman–Crippen MR) is 97.4 cm³/mol. The smallest absolute Gasteiger partial charge is 0.244 e. The second kappa shape index (κ2) is 8.57. The molecule has 10 heteroatoms. The molecule has 1 fully saturated rings. The van der Waals surface area contributed by atoms with Crippen LogP contribution in [0, 0.1) is 0 Å². The van der Waals surface area contributed by atoms with Crippen LogP contribution in [0.3, 0.4) is 0 Å². The summed E-state index contributed by atoms with van der Waals surface area (Å²) >= 11 is 0. The van der Waals surface area contributed by atoms with Crippen molar-refractivity contribution < 1.29 is 9.53 Å². The van der Waals surface area contributed by atoms with E-state index in [1.54, 1.807) is 20.5 Å². The van der Waals surface area contributed by atoms with Crippen molar-refractivity contribution in [3.8, 4) is 0 Å². The number of hydrogen-bond donors (Lipinski definition) is 0. The molecule has 1 saturated heterocycles. The number of morpholine rings is 1. The number of ether oxygens (including phenoxy) is 1. The van der Waals surface area contributed by atoms with E-state index in [1.165, 1.54) is 0 Å². The maximum absolute atomic E-state index is 12.8. The highest BCUT2D eigenvalue weighted by Gasteiger charge is 2.24. The molecule has 1 aliphatic rings. The average molecular weight is 376 g/mol. The van der Waals surface area contributed by atoms with Gasteiger partial charge in [0.25, 0.3) is 0 Å². The summed E-state index contributed by atoms with van der Waals surface area (Å²) in [6.45, 7) is 9.62. The van der Waals surface area contributed by atoms with Crippen LogP contribution >= 0.6 is 0 Å². The lowest BCUT2D eigenvalue weighted by Gasteiger charge is -2.34. The van der Waals surface area contributed by atoms with Gasteiger partial charge in [0, 0.05) is 45.0 Å². The summed E-state index contributed by atoms with van der Waals surface area (Å²) in [5.41, 5.74) is 1.00. The molecule has 1 amide bonds. The van der Waals surface area contributed by atoms with Crippen molar-refractivity contribution in [2.45, 2.75) is 52.6 Å². The maximum atomic E-state index is 12.8. The molecule has 3 heterocycles. The standard InChI is InChI=1S/C17H28N8O2/c1-5-24(10-15-6-18-22(4)9-15)17(26)12-25-16(19-20-21-25)11-23-7-13(2)27-14(3)8-23/h6,9,13-14H,5,7-8,10-12H2,1-4H3/t13-,14+. The van der Waals surface area contributed by atoms with E-state index in [1.807, 2.05) is 20.2 Å². The van der Waals surface area contributed by atoms with Gasteiger partial charge in [-0.3, -0.25) is 14.4 Å². The van der Waals surface area contributed by atoms with Crippen LogP contribution in [0.4, 0.5) is 0 Å². The molecule has 0 spiro atoms. The van der Waals surface area contributed by atoms with Gasteiger partial charge in [0.05, 0.1) is 24.9 Å². The van der Waals surface area contributed by atoms with Crippen molar-refractivity contribution in [3.05, 3.63) is 23.8 Å². The van der Waals surface area contributed by atoms with Crippen LogP contribution in [0.25, 0.3) is 0 Å². The molecule has 0 aromatic carbocycles. The molecule has 2 atom stereocenters. The van der Waals surface area contributed by atoms with Gasteiger partial charge in [-0.15, -0.1) is 5.10 Å². The normalized spacial score (nSPS) is 20.7. The molecule has 0 radical (unpaired) electrons. The zero-order chi connectivity index (χ0) is 19.4. The zero-order valence-electron chi connectivity index (χ0n) is 16.4. The number of nitrogens with zero attached hydrogens (tertiary/aromatic N) is 8. The average Bonchev–Trinajstić information content (AvgIpc) is 3.20. The lowest BCUT2D eigenvalue weighted by Crippen LogP contribution is -2.45. The lowest BCUT2D eigenvalue weighted by atomic mass is 10.2. The van der Waals surface area contributed by atoms with E-state index in [4.69, 9.17) is 4.74 Å². The first-order valence-electron chi connectivity index (χ1n) is 9.32. The fourth-order valence-corrected chi connectivity index (χ4v) is 3.45. The van der Waals surface area contributed by atoms with Gasteiger partial charge in [0.1, 0.15) is 6.54 Å².